The lowest BCUT2D eigenvalue weighted by Crippen LogP contribution is -2.20. The zero-order valence-corrected chi connectivity index (χ0v) is 12.5. The van der Waals surface area contributed by atoms with Crippen LogP contribution in [0.15, 0.2) is 0 Å². The van der Waals surface area contributed by atoms with Crippen molar-refractivity contribution >= 4 is 0 Å². The molecule has 0 fully saturated rings. The molecule has 2 nitrogen and oxygen atoms in total. The Morgan fingerprint density at radius 2 is 1.22 bits per heavy atom. The smallest absolute Gasteiger partial charge is 0.0562 e. The molecule has 0 amide bonds. The standard InChI is InChI=1S/C16H34O2/c1-3-4-5-6-7-8-9-10-11-12-13-16(14-17)15(2)18/h15-18H,3-14H2,1-2H3. The van der Waals surface area contributed by atoms with Gasteiger partial charge in [-0.3, -0.25) is 0 Å². The second-order valence-corrected chi connectivity index (χ2v) is 5.65. The van der Waals surface area contributed by atoms with Crippen LogP contribution in [-0.4, -0.2) is 22.9 Å². The van der Waals surface area contributed by atoms with Gasteiger partial charge in [-0.25, -0.2) is 0 Å². The summed E-state index contributed by atoms with van der Waals surface area (Å²) >= 11 is 0. The van der Waals surface area contributed by atoms with Crippen molar-refractivity contribution in [3.63, 3.8) is 0 Å². The number of hydrogen-bond donors (Lipinski definition) is 2. The molecule has 0 radical (unpaired) electrons. The molecular formula is C16H34O2. The molecule has 0 aliphatic carbocycles. The van der Waals surface area contributed by atoms with Gasteiger partial charge in [0.05, 0.1) is 6.10 Å². The van der Waals surface area contributed by atoms with Gasteiger partial charge in [0.2, 0.25) is 0 Å². The van der Waals surface area contributed by atoms with E-state index in [-0.39, 0.29) is 18.6 Å². The Labute approximate surface area is 114 Å². The van der Waals surface area contributed by atoms with Crippen LogP contribution in [0.1, 0.15) is 84.5 Å². The Bertz CT molecular complexity index is 157. The van der Waals surface area contributed by atoms with E-state index in [1.807, 2.05) is 0 Å². The molecule has 0 saturated heterocycles. The molecule has 110 valence electrons. The van der Waals surface area contributed by atoms with E-state index in [2.05, 4.69) is 6.92 Å². The highest BCUT2D eigenvalue weighted by atomic mass is 16.3. The van der Waals surface area contributed by atoms with Crippen LogP contribution in [0.2, 0.25) is 0 Å². The van der Waals surface area contributed by atoms with E-state index >= 15 is 0 Å². The van der Waals surface area contributed by atoms with Crippen LogP contribution < -0.4 is 0 Å². The highest BCUT2D eigenvalue weighted by Gasteiger charge is 2.12. The maximum absolute atomic E-state index is 9.40. The summed E-state index contributed by atoms with van der Waals surface area (Å²) < 4.78 is 0. The molecule has 0 spiro atoms. The van der Waals surface area contributed by atoms with Crippen molar-refractivity contribution in [1.82, 2.24) is 0 Å². The van der Waals surface area contributed by atoms with Crippen molar-refractivity contribution in [2.45, 2.75) is 90.6 Å². The molecule has 2 unspecified atom stereocenters. The predicted octanol–water partition coefficient (Wildman–Crippen LogP) is 4.29. The van der Waals surface area contributed by atoms with Crippen molar-refractivity contribution in [3.8, 4) is 0 Å². The first-order valence-corrected chi connectivity index (χ1v) is 8.01. The average molecular weight is 258 g/mol. The molecule has 2 heteroatoms. The summed E-state index contributed by atoms with van der Waals surface area (Å²) in [6.45, 7) is 4.15. The third-order valence-electron chi connectivity index (χ3n) is 3.85. The molecule has 0 saturated carbocycles. The average Bonchev–Trinajstić information content (AvgIpc) is 2.35. The molecule has 0 heterocycles. The monoisotopic (exact) mass is 258 g/mol. The van der Waals surface area contributed by atoms with Gasteiger partial charge < -0.3 is 10.2 Å². The third-order valence-corrected chi connectivity index (χ3v) is 3.85. The number of aliphatic hydroxyl groups excluding tert-OH is 2. The van der Waals surface area contributed by atoms with E-state index in [0.29, 0.717) is 0 Å². The molecule has 18 heavy (non-hydrogen) atoms. The summed E-state index contributed by atoms with van der Waals surface area (Å²) in [6.07, 6.45) is 14.0. The fourth-order valence-electron chi connectivity index (χ4n) is 2.38. The van der Waals surface area contributed by atoms with Crippen LogP contribution in [0.5, 0.6) is 0 Å². The molecule has 2 atom stereocenters. The number of unbranched alkanes of at least 4 members (excludes halogenated alkanes) is 9. The summed E-state index contributed by atoms with van der Waals surface area (Å²) in [5.74, 6) is 0.0824. The lowest BCUT2D eigenvalue weighted by Gasteiger charge is -2.16. The van der Waals surface area contributed by atoms with Gasteiger partial charge >= 0.3 is 0 Å². The second kappa shape index (κ2) is 13.4. The van der Waals surface area contributed by atoms with E-state index in [4.69, 9.17) is 5.11 Å². The Kier molecular flexibility index (Phi) is 13.3. The first-order chi connectivity index (χ1) is 8.72. The molecule has 0 aliphatic heterocycles. The number of aliphatic hydroxyl groups is 2. The second-order valence-electron chi connectivity index (χ2n) is 5.65. The summed E-state index contributed by atoms with van der Waals surface area (Å²) in [6, 6.07) is 0. The summed E-state index contributed by atoms with van der Waals surface area (Å²) in [5.41, 5.74) is 0. The van der Waals surface area contributed by atoms with Gasteiger partial charge in [-0.15, -0.1) is 0 Å². The molecular weight excluding hydrogens is 224 g/mol. The van der Waals surface area contributed by atoms with E-state index in [0.717, 1.165) is 12.8 Å². The minimum Gasteiger partial charge on any atom is -0.396 e. The van der Waals surface area contributed by atoms with Crippen LogP contribution in [-0.2, 0) is 0 Å². The van der Waals surface area contributed by atoms with Gasteiger partial charge in [0.15, 0.2) is 0 Å². The van der Waals surface area contributed by atoms with Gasteiger partial charge in [-0.05, 0) is 13.3 Å². The highest BCUT2D eigenvalue weighted by Crippen LogP contribution is 2.15. The lowest BCUT2D eigenvalue weighted by atomic mass is 9.96. The van der Waals surface area contributed by atoms with E-state index < -0.39 is 0 Å². The van der Waals surface area contributed by atoms with Gasteiger partial charge in [0, 0.05) is 12.5 Å². The Hall–Kier alpha value is -0.0800. The van der Waals surface area contributed by atoms with E-state index in [9.17, 15) is 5.11 Å². The lowest BCUT2D eigenvalue weighted by molar-refractivity contribution is 0.0741. The molecule has 2 N–H and O–H groups in total. The molecule has 0 aromatic rings. The number of rotatable bonds is 13. The van der Waals surface area contributed by atoms with Crippen molar-refractivity contribution in [3.05, 3.63) is 0 Å². The maximum atomic E-state index is 9.40. The summed E-state index contributed by atoms with van der Waals surface area (Å²) in [7, 11) is 0. The van der Waals surface area contributed by atoms with Crippen molar-refractivity contribution in [2.24, 2.45) is 5.92 Å². The van der Waals surface area contributed by atoms with Crippen LogP contribution in [0.25, 0.3) is 0 Å². The van der Waals surface area contributed by atoms with E-state index in [1.54, 1.807) is 6.92 Å². The highest BCUT2D eigenvalue weighted by molar-refractivity contribution is 4.63. The Morgan fingerprint density at radius 3 is 1.61 bits per heavy atom. The maximum Gasteiger partial charge on any atom is 0.0562 e. The van der Waals surface area contributed by atoms with Crippen LogP contribution in [0, 0.1) is 5.92 Å². The minimum atomic E-state index is -0.367. The van der Waals surface area contributed by atoms with E-state index in [1.165, 1.54) is 57.8 Å². The van der Waals surface area contributed by atoms with Crippen LogP contribution in [0.3, 0.4) is 0 Å². The summed E-state index contributed by atoms with van der Waals surface area (Å²) in [5, 5.41) is 18.5. The largest absolute Gasteiger partial charge is 0.396 e. The summed E-state index contributed by atoms with van der Waals surface area (Å²) in [4.78, 5) is 0. The fraction of sp³-hybridized carbons (Fsp3) is 1.00. The molecule has 0 aromatic carbocycles. The molecule has 0 bridgehead atoms. The number of hydrogen-bond acceptors (Lipinski definition) is 2. The predicted molar refractivity (Wildman–Crippen MR) is 78.7 cm³/mol. The zero-order chi connectivity index (χ0) is 13.6. The van der Waals surface area contributed by atoms with Gasteiger partial charge in [0.1, 0.15) is 0 Å². The van der Waals surface area contributed by atoms with Crippen LogP contribution in [0.4, 0.5) is 0 Å². The topological polar surface area (TPSA) is 40.5 Å². The van der Waals surface area contributed by atoms with Crippen molar-refractivity contribution in [2.75, 3.05) is 6.61 Å². The van der Waals surface area contributed by atoms with Gasteiger partial charge in [-0.1, -0.05) is 71.1 Å². The third kappa shape index (κ3) is 11.0. The fourth-order valence-corrected chi connectivity index (χ4v) is 2.38. The molecule has 0 aliphatic rings. The Morgan fingerprint density at radius 1 is 0.778 bits per heavy atom. The quantitative estimate of drug-likeness (QED) is 0.484. The Balaban J connectivity index is 3.15. The zero-order valence-electron chi connectivity index (χ0n) is 12.5. The SMILES string of the molecule is CCCCCCCCCCCCC(CO)C(C)O. The normalized spacial score (nSPS) is 14.7. The van der Waals surface area contributed by atoms with Crippen molar-refractivity contribution < 1.29 is 10.2 Å². The first kappa shape index (κ1) is 17.9. The van der Waals surface area contributed by atoms with Crippen LogP contribution >= 0.6 is 0 Å². The molecule has 0 rings (SSSR count). The van der Waals surface area contributed by atoms with Gasteiger partial charge in [0.25, 0.3) is 0 Å². The van der Waals surface area contributed by atoms with Gasteiger partial charge in [-0.2, -0.15) is 0 Å². The minimum absolute atomic E-state index is 0.0824. The molecule has 0 aromatic heterocycles. The first-order valence-electron chi connectivity index (χ1n) is 8.01. The van der Waals surface area contributed by atoms with Crippen molar-refractivity contribution in [1.29, 1.82) is 0 Å².